The highest BCUT2D eigenvalue weighted by molar-refractivity contribution is 7.16. The second-order valence-electron chi connectivity index (χ2n) is 4.68. The van der Waals surface area contributed by atoms with E-state index in [1.807, 2.05) is 18.5 Å². The van der Waals surface area contributed by atoms with Crippen LogP contribution in [0.15, 0.2) is 11.4 Å². The number of nitrogens with one attached hydrogen (secondary N) is 2. The molecule has 2 aromatic heterocycles. The highest BCUT2D eigenvalue weighted by Gasteiger charge is 2.07. The van der Waals surface area contributed by atoms with E-state index in [1.165, 1.54) is 0 Å². The van der Waals surface area contributed by atoms with Crippen LogP contribution in [-0.2, 0) is 4.74 Å². The van der Waals surface area contributed by atoms with E-state index in [2.05, 4.69) is 34.4 Å². The number of ether oxygens (including phenoxy) is 1. The average molecular weight is 280 g/mol. The molecule has 104 valence electrons. The van der Waals surface area contributed by atoms with Crippen LogP contribution < -0.4 is 10.6 Å². The van der Waals surface area contributed by atoms with Crippen molar-refractivity contribution in [2.24, 2.45) is 5.92 Å². The molecule has 0 unspecified atom stereocenters. The fraction of sp³-hybridized carbons (Fsp3) is 0.538. The van der Waals surface area contributed by atoms with Crippen molar-refractivity contribution < 1.29 is 4.74 Å². The van der Waals surface area contributed by atoms with Crippen LogP contribution in [0.3, 0.4) is 0 Å². The Labute approximate surface area is 117 Å². The van der Waals surface area contributed by atoms with E-state index >= 15 is 0 Å². The lowest BCUT2D eigenvalue weighted by molar-refractivity contribution is 0.118. The van der Waals surface area contributed by atoms with Gasteiger partial charge in [0, 0.05) is 20.2 Å². The quantitative estimate of drug-likeness (QED) is 0.764. The van der Waals surface area contributed by atoms with E-state index in [4.69, 9.17) is 4.74 Å². The molecule has 0 spiro atoms. The van der Waals surface area contributed by atoms with Crippen LogP contribution in [-0.4, -0.2) is 36.8 Å². The van der Waals surface area contributed by atoms with Gasteiger partial charge >= 0.3 is 0 Å². The van der Waals surface area contributed by atoms with E-state index in [9.17, 15) is 0 Å². The molecule has 0 radical (unpaired) electrons. The van der Waals surface area contributed by atoms with Gasteiger partial charge in [-0.1, -0.05) is 13.8 Å². The summed E-state index contributed by atoms with van der Waals surface area (Å²) in [5.41, 5.74) is 0. The lowest BCUT2D eigenvalue weighted by Crippen LogP contribution is -2.13. The molecule has 6 heteroatoms. The molecule has 0 amide bonds. The topological polar surface area (TPSA) is 59.1 Å². The molecule has 0 saturated heterocycles. The van der Waals surface area contributed by atoms with Gasteiger partial charge in [0.1, 0.15) is 10.6 Å². The van der Waals surface area contributed by atoms with Gasteiger partial charge < -0.3 is 15.4 Å². The molecule has 0 atom stereocenters. The zero-order chi connectivity index (χ0) is 13.7. The van der Waals surface area contributed by atoms with Gasteiger partial charge in [-0.15, -0.1) is 11.3 Å². The second-order valence-corrected chi connectivity index (χ2v) is 5.58. The minimum atomic E-state index is 0.568. The number of aromatic nitrogens is 2. The summed E-state index contributed by atoms with van der Waals surface area (Å²) in [4.78, 5) is 9.84. The molecule has 5 nitrogen and oxygen atoms in total. The van der Waals surface area contributed by atoms with Gasteiger partial charge in [0.05, 0.1) is 12.0 Å². The minimum Gasteiger partial charge on any atom is -0.379 e. The van der Waals surface area contributed by atoms with Gasteiger partial charge in [0.2, 0.25) is 5.95 Å². The second kappa shape index (κ2) is 6.68. The summed E-state index contributed by atoms with van der Waals surface area (Å²) in [6.45, 7) is 6.51. The number of thiophene rings is 1. The van der Waals surface area contributed by atoms with Gasteiger partial charge in [-0.2, -0.15) is 4.98 Å². The maximum absolute atomic E-state index is 5.55. The Balaban J connectivity index is 1.97. The molecule has 19 heavy (non-hydrogen) atoms. The van der Waals surface area contributed by atoms with Crippen LogP contribution in [0.4, 0.5) is 11.8 Å². The Kier molecular flexibility index (Phi) is 4.93. The summed E-state index contributed by atoms with van der Waals surface area (Å²) in [5.74, 6) is 2.07. The third-order valence-corrected chi connectivity index (χ3v) is 3.35. The lowest BCUT2D eigenvalue weighted by atomic mass is 10.2. The Morgan fingerprint density at radius 3 is 2.95 bits per heavy atom. The minimum absolute atomic E-state index is 0.568. The van der Waals surface area contributed by atoms with Crippen LogP contribution in [0, 0.1) is 5.92 Å². The maximum Gasteiger partial charge on any atom is 0.225 e. The summed E-state index contributed by atoms with van der Waals surface area (Å²) in [6.07, 6.45) is 0. The molecule has 0 aromatic carbocycles. The number of hydrogen-bond donors (Lipinski definition) is 2. The molecule has 2 N–H and O–H groups in total. The van der Waals surface area contributed by atoms with Crippen LogP contribution in [0.2, 0.25) is 0 Å². The molecule has 0 fully saturated rings. The molecule has 0 aliphatic heterocycles. The van der Waals surface area contributed by atoms with Crippen molar-refractivity contribution in [3.63, 3.8) is 0 Å². The van der Waals surface area contributed by atoms with E-state index in [0.29, 0.717) is 18.5 Å². The van der Waals surface area contributed by atoms with Crippen molar-refractivity contribution in [3.05, 3.63) is 11.4 Å². The Morgan fingerprint density at radius 2 is 2.21 bits per heavy atom. The number of nitrogens with zero attached hydrogens (tertiary/aromatic N) is 2. The molecule has 0 aliphatic carbocycles. The average Bonchev–Trinajstić information content (AvgIpc) is 2.85. The summed E-state index contributed by atoms with van der Waals surface area (Å²) < 4.78 is 5.55. The Bertz CT molecular complexity index is 526. The Morgan fingerprint density at radius 1 is 1.37 bits per heavy atom. The predicted molar refractivity (Wildman–Crippen MR) is 81.1 cm³/mol. The van der Waals surface area contributed by atoms with Gasteiger partial charge in [0.25, 0.3) is 0 Å². The van der Waals surface area contributed by atoms with Crippen molar-refractivity contribution in [2.45, 2.75) is 13.8 Å². The van der Waals surface area contributed by atoms with Crippen LogP contribution in [0.5, 0.6) is 0 Å². The van der Waals surface area contributed by atoms with E-state index in [1.54, 1.807) is 11.3 Å². The molecule has 2 rings (SSSR count). The van der Waals surface area contributed by atoms with Crippen molar-refractivity contribution in [3.8, 4) is 0 Å². The fourth-order valence-corrected chi connectivity index (χ4v) is 2.43. The van der Waals surface area contributed by atoms with Gasteiger partial charge in [-0.05, 0) is 17.4 Å². The third kappa shape index (κ3) is 3.78. The highest BCUT2D eigenvalue weighted by Crippen LogP contribution is 2.26. The summed E-state index contributed by atoms with van der Waals surface area (Å²) in [6, 6.07) is 2.04. The molecular weight excluding hydrogens is 260 g/mol. The predicted octanol–water partition coefficient (Wildman–Crippen LogP) is 2.82. The van der Waals surface area contributed by atoms with Crippen LogP contribution in [0.25, 0.3) is 10.2 Å². The van der Waals surface area contributed by atoms with E-state index in [0.717, 1.165) is 29.2 Å². The van der Waals surface area contributed by atoms with E-state index < -0.39 is 0 Å². The highest BCUT2D eigenvalue weighted by atomic mass is 32.1. The largest absolute Gasteiger partial charge is 0.379 e. The third-order valence-electron chi connectivity index (χ3n) is 2.54. The van der Waals surface area contributed by atoms with Crippen LogP contribution >= 0.6 is 11.3 Å². The Hall–Kier alpha value is -1.40. The molecule has 0 saturated carbocycles. The summed E-state index contributed by atoms with van der Waals surface area (Å²) >= 11 is 1.62. The fourth-order valence-electron chi connectivity index (χ4n) is 1.66. The summed E-state index contributed by atoms with van der Waals surface area (Å²) in [5, 5.41) is 9.38. The number of rotatable bonds is 7. The number of hydrogen-bond acceptors (Lipinski definition) is 6. The standard InChI is InChI=1S/C13H20N4OS/c1-9(2)8-18-6-5-15-11-10-4-7-19-12(10)17-13(14-3)16-11/h4,7,9H,5-6,8H2,1-3H3,(H2,14,15,16,17). The molecule has 0 aliphatic rings. The van der Waals surface area contributed by atoms with Gasteiger partial charge in [-0.25, -0.2) is 4.98 Å². The van der Waals surface area contributed by atoms with Gasteiger partial charge in [0.15, 0.2) is 0 Å². The molecule has 2 heterocycles. The van der Waals surface area contributed by atoms with Crippen molar-refractivity contribution in [1.82, 2.24) is 9.97 Å². The normalized spacial score (nSPS) is 11.2. The SMILES string of the molecule is CNc1nc(NCCOCC(C)C)c2ccsc2n1. The zero-order valence-corrected chi connectivity index (χ0v) is 12.4. The lowest BCUT2D eigenvalue weighted by Gasteiger charge is -2.10. The van der Waals surface area contributed by atoms with Crippen LogP contribution in [0.1, 0.15) is 13.8 Å². The van der Waals surface area contributed by atoms with Crippen molar-refractivity contribution in [1.29, 1.82) is 0 Å². The number of anilines is 2. The van der Waals surface area contributed by atoms with Crippen molar-refractivity contribution in [2.75, 3.05) is 37.4 Å². The number of fused-ring (bicyclic) bond motifs is 1. The first-order valence-corrected chi connectivity index (χ1v) is 7.33. The molecule has 0 bridgehead atoms. The van der Waals surface area contributed by atoms with Crippen molar-refractivity contribution >= 4 is 33.3 Å². The summed E-state index contributed by atoms with van der Waals surface area (Å²) in [7, 11) is 1.82. The first kappa shape index (κ1) is 14.0. The monoisotopic (exact) mass is 280 g/mol. The zero-order valence-electron chi connectivity index (χ0n) is 11.6. The van der Waals surface area contributed by atoms with Gasteiger partial charge in [-0.3, -0.25) is 0 Å². The first-order valence-electron chi connectivity index (χ1n) is 6.45. The smallest absolute Gasteiger partial charge is 0.225 e. The maximum atomic E-state index is 5.55. The first-order chi connectivity index (χ1) is 9.20. The van der Waals surface area contributed by atoms with E-state index in [-0.39, 0.29) is 0 Å². The molecule has 2 aromatic rings. The molecular formula is C13H20N4OS.